The number of rotatable bonds is 4. The van der Waals surface area contributed by atoms with Gasteiger partial charge >= 0.3 is 0 Å². The number of anilines is 1. The van der Waals surface area contributed by atoms with Crippen molar-refractivity contribution < 1.29 is 4.79 Å². The highest BCUT2D eigenvalue weighted by molar-refractivity contribution is 6.05. The van der Waals surface area contributed by atoms with Crippen LogP contribution in [0, 0.1) is 13.8 Å². The molecule has 2 heterocycles. The molecule has 5 nitrogen and oxygen atoms in total. The lowest BCUT2D eigenvalue weighted by Gasteiger charge is -2.20. The predicted molar refractivity (Wildman–Crippen MR) is 128 cm³/mol. The maximum absolute atomic E-state index is 12.8. The van der Waals surface area contributed by atoms with Crippen LogP contribution in [-0.2, 0) is 0 Å². The summed E-state index contributed by atoms with van der Waals surface area (Å²) in [6.45, 7) is 4.04. The Balaban J connectivity index is 1.56. The molecule has 4 aromatic rings. The van der Waals surface area contributed by atoms with E-state index in [-0.39, 0.29) is 11.3 Å². The summed E-state index contributed by atoms with van der Waals surface area (Å²) in [5, 5.41) is 0.759. The summed E-state index contributed by atoms with van der Waals surface area (Å²) in [4.78, 5) is 31.5. The first-order chi connectivity index (χ1) is 15.5. The Morgan fingerprint density at radius 3 is 2.50 bits per heavy atom. The molecule has 5 heteroatoms. The van der Waals surface area contributed by atoms with E-state index >= 15 is 0 Å². The molecule has 1 saturated carbocycles. The first kappa shape index (κ1) is 20.2. The monoisotopic (exact) mass is 423 g/mol. The van der Waals surface area contributed by atoms with Gasteiger partial charge in [0.2, 0.25) is 0 Å². The lowest BCUT2D eigenvalue weighted by Crippen LogP contribution is -2.27. The Morgan fingerprint density at radius 1 is 1.06 bits per heavy atom. The molecule has 0 aliphatic heterocycles. The highest BCUT2D eigenvalue weighted by atomic mass is 16.2. The van der Waals surface area contributed by atoms with Crippen LogP contribution < -0.4 is 10.3 Å². The molecule has 32 heavy (non-hydrogen) atoms. The van der Waals surface area contributed by atoms with Crippen LogP contribution in [0.3, 0.4) is 0 Å². The number of fused-ring (bicyclic) bond motifs is 1. The lowest BCUT2D eigenvalue weighted by atomic mass is 9.97. The third kappa shape index (κ3) is 3.40. The maximum atomic E-state index is 12.8. The minimum Gasteiger partial charge on any atom is -0.344 e. The average molecular weight is 424 g/mol. The summed E-state index contributed by atoms with van der Waals surface area (Å²) in [6, 6.07) is 17.4. The molecule has 0 saturated heterocycles. The fraction of sp³-hybridized carbons (Fsp3) is 0.222. The van der Waals surface area contributed by atoms with Crippen molar-refractivity contribution >= 4 is 22.6 Å². The molecule has 0 N–H and O–H groups in total. The van der Waals surface area contributed by atoms with Crippen LogP contribution in [0.2, 0.25) is 0 Å². The molecule has 5 rings (SSSR count). The smallest absolute Gasteiger partial charge is 0.259 e. The van der Waals surface area contributed by atoms with Crippen LogP contribution in [0.1, 0.15) is 40.4 Å². The largest absolute Gasteiger partial charge is 0.344 e. The molecule has 160 valence electrons. The minimum atomic E-state index is -0.0933. The van der Waals surface area contributed by atoms with Gasteiger partial charge in [-0.1, -0.05) is 24.3 Å². The van der Waals surface area contributed by atoms with E-state index in [1.165, 1.54) is 0 Å². The molecule has 1 fully saturated rings. The van der Waals surface area contributed by atoms with Crippen molar-refractivity contribution in [2.24, 2.45) is 0 Å². The lowest BCUT2D eigenvalue weighted by molar-refractivity contribution is 0.0992. The van der Waals surface area contributed by atoms with Crippen molar-refractivity contribution in [2.75, 3.05) is 11.9 Å². The van der Waals surface area contributed by atoms with Gasteiger partial charge in [0.15, 0.2) is 5.43 Å². The number of hydrogen-bond acceptors (Lipinski definition) is 3. The standard InChI is InChI=1S/C27H25N3O2/c1-17-15-20(16-28-26(17)29(3)27(32)19-7-5-4-6-8-19)22-11-12-23-24(31)13-14-30(21-9-10-21)25(23)18(22)2/h4-8,11-16,21H,9-10H2,1-3H3. The number of pyridine rings is 2. The molecule has 1 amide bonds. The van der Waals surface area contributed by atoms with E-state index in [0.29, 0.717) is 17.4 Å². The maximum Gasteiger partial charge on any atom is 0.259 e. The van der Waals surface area contributed by atoms with Crippen LogP contribution in [0.5, 0.6) is 0 Å². The second kappa shape index (κ2) is 7.75. The molecular formula is C27H25N3O2. The number of carbonyl (C=O) groups excluding carboxylic acids is 1. The van der Waals surface area contributed by atoms with Crippen molar-refractivity contribution in [2.45, 2.75) is 32.7 Å². The molecule has 0 atom stereocenters. The second-order valence-electron chi connectivity index (χ2n) is 8.55. The quantitative estimate of drug-likeness (QED) is 0.448. The van der Waals surface area contributed by atoms with Gasteiger partial charge in [0, 0.05) is 48.1 Å². The van der Waals surface area contributed by atoms with E-state index in [1.54, 1.807) is 30.1 Å². The van der Waals surface area contributed by atoms with Gasteiger partial charge in [-0.3, -0.25) is 14.5 Å². The van der Waals surface area contributed by atoms with Crippen LogP contribution in [0.4, 0.5) is 5.82 Å². The van der Waals surface area contributed by atoms with Crippen molar-refractivity contribution in [1.82, 2.24) is 9.55 Å². The second-order valence-corrected chi connectivity index (χ2v) is 8.55. The SMILES string of the molecule is Cc1cc(-c2ccc3c(=O)ccn(C4CC4)c3c2C)cnc1N(C)C(=O)c1ccccc1. The van der Waals surface area contributed by atoms with E-state index < -0.39 is 0 Å². The number of carbonyl (C=O) groups is 1. The van der Waals surface area contributed by atoms with E-state index in [2.05, 4.69) is 22.5 Å². The number of aryl methyl sites for hydroxylation is 2. The first-order valence-electron chi connectivity index (χ1n) is 10.9. The zero-order chi connectivity index (χ0) is 22.4. The van der Waals surface area contributed by atoms with Gasteiger partial charge < -0.3 is 4.57 Å². The van der Waals surface area contributed by atoms with Gasteiger partial charge in [-0.25, -0.2) is 4.98 Å². The predicted octanol–water partition coefficient (Wildman–Crippen LogP) is 5.29. The van der Waals surface area contributed by atoms with Crippen LogP contribution in [0.25, 0.3) is 22.0 Å². The van der Waals surface area contributed by atoms with Crippen molar-refractivity contribution in [3.63, 3.8) is 0 Å². The number of nitrogens with zero attached hydrogens (tertiary/aromatic N) is 3. The Labute approximate surface area is 187 Å². The summed E-state index contributed by atoms with van der Waals surface area (Å²) in [7, 11) is 1.75. The third-order valence-electron chi connectivity index (χ3n) is 6.29. The van der Waals surface area contributed by atoms with E-state index in [1.807, 2.05) is 49.6 Å². The van der Waals surface area contributed by atoms with Gasteiger partial charge in [-0.2, -0.15) is 0 Å². The fourth-order valence-electron chi connectivity index (χ4n) is 4.45. The highest BCUT2D eigenvalue weighted by Crippen LogP contribution is 2.39. The molecule has 2 aromatic heterocycles. The van der Waals surface area contributed by atoms with E-state index in [0.717, 1.165) is 46.0 Å². The Morgan fingerprint density at radius 2 is 1.81 bits per heavy atom. The van der Waals surface area contributed by atoms with Gasteiger partial charge in [0.05, 0.1) is 5.52 Å². The number of benzene rings is 2. The van der Waals surface area contributed by atoms with Gasteiger partial charge in [-0.15, -0.1) is 0 Å². The zero-order valence-electron chi connectivity index (χ0n) is 18.5. The number of amides is 1. The topological polar surface area (TPSA) is 55.2 Å². The van der Waals surface area contributed by atoms with E-state index in [9.17, 15) is 9.59 Å². The van der Waals surface area contributed by atoms with Gasteiger partial charge in [0.1, 0.15) is 5.82 Å². The Hall–Kier alpha value is -3.73. The van der Waals surface area contributed by atoms with Crippen LogP contribution >= 0.6 is 0 Å². The van der Waals surface area contributed by atoms with Crippen molar-refractivity contribution in [3.8, 4) is 11.1 Å². The summed E-state index contributed by atoms with van der Waals surface area (Å²) in [5.41, 5.74) is 5.72. The number of aromatic nitrogens is 2. The molecule has 2 aromatic carbocycles. The minimum absolute atomic E-state index is 0.0530. The van der Waals surface area contributed by atoms with Crippen LogP contribution in [-0.4, -0.2) is 22.5 Å². The van der Waals surface area contributed by atoms with Crippen molar-refractivity contribution in [3.05, 3.63) is 93.9 Å². The zero-order valence-corrected chi connectivity index (χ0v) is 18.5. The molecule has 0 spiro atoms. The molecule has 0 unspecified atom stereocenters. The Bertz CT molecular complexity index is 1400. The number of hydrogen-bond donors (Lipinski definition) is 0. The first-order valence-corrected chi connectivity index (χ1v) is 10.9. The summed E-state index contributed by atoms with van der Waals surface area (Å²) in [6.07, 6.45) is 6.04. The summed E-state index contributed by atoms with van der Waals surface area (Å²) >= 11 is 0. The molecule has 0 radical (unpaired) electrons. The highest BCUT2D eigenvalue weighted by Gasteiger charge is 2.25. The normalized spacial score (nSPS) is 13.3. The van der Waals surface area contributed by atoms with Crippen LogP contribution in [0.15, 0.2) is 71.8 Å². The molecule has 0 bridgehead atoms. The van der Waals surface area contributed by atoms with Gasteiger partial charge in [-0.05, 0) is 67.6 Å². The van der Waals surface area contributed by atoms with Gasteiger partial charge in [0.25, 0.3) is 5.91 Å². The van der Waals surface area contributed by atoms with E-state index in [4.69, 9.17) is 0 Å². The Kier molecular flexibility index (Phi) is 4.89. The molecule has 1 aliphatic carbocycles. The molecule has 1 aliphatic rings. The van der Waals surface area contributed by atoms with Crippen molar-refractivity contribution in [1.29, 1.82) is 0 Å². The fourth-order valence-corrected chi connectivity index (χ4v) is 4.45. The summed E-state index contributed by atoms with van der Waals surface area (Å²) in [5.74, 6) is 0.542. The molecular weight excluding hydrogens is 398 g/mol. The average Bonchev–Trinajstić information content (AvgIpc) is 3.65. The third-order valence-corrected chi connectivity index (χ3v) is 6.29. The summed E-state index contributed by atoms with van der Waals surface area (Å²) < 4.78 is 2.25.